The van der Waals surface area contributed by atoms with Crippen molar-refractivity contribution in [2.45, 2.75) is 32.3 Å². The number of hydrogen-bond acceptors (Lipinski definition) is 4. The fraction of sp³-hybridized carbons (Fsp3) is 0.471. The van der Waals surface area contributed by atoms with E-state index in [0.29, 0.717) is 36.2 Å². The van der Waals surface area contributed by atoms with Crippen molar-refractivity contribution in [3.8, 4) is 0 Å². The normalized spacial score (nSPS) is 20.0. The molecule has 0 saturated carbocycles. The number of carbonyl (C=O) groups excluding carboxylic acids is 3. The van der Waals surface area contributed by atoms with Crippen molar-refractivity contribution >= 4 is 17.7 Å². The van der Waals surface area contributed by atoms with Gasteiger partial charge in [-0.2, -0.15) is 0 Å². The van der Waals surface area contributed by atoms with Gasteiger partial charge in [0.15, 0.2) is 0 Å². The number of imide groups is 1. The van der Waals surface area contributed by atoms with E-state index in [2.05, 4.69) is 5.32 Å². The van der Waals surface area contributed by atoms with Crippen molar-refractivity contribution < 1.29 is 19.1 Å². The van der Waals surface area contributed by atoms with Gasteiger partial charge in [-0.1, -0.05) is 6.92 Å². The van der Waals surface area contributed by atoms with Gasteiger partial charge >= 0.3 is 0 Å². The molecule has 1 saturated heterocycles. The zero-order valence-corrected chi connectivity index (χ0v) is 13.1. The van der Waals surface area contributed by atoms with E-state index in [9.17, 15) is 14.4 Å². The minimum absolute atomic E-state index is 0.0663. The molecule has 1 atom stereocenters. The molecule has 0 aliphatic carbocycles. The van der Waals surface area contributed by atoms with Crippen molar-refractivity contribution in [3.05, 3.63) is 34.9 Å². The molecule has 1 N–H and O–H groups in total. The molecule has 23 heavy (non-hydrogen) atoms. The molecular weight excluding hydrogens is 296 g/mol. The first-order valence-electron chi connectivity index (χ1n) is 8.02. The third-order valence-corrected chi connectivity index (χ3v) is 4.19. The van der Waals surface area contributed by atoms with Crippen molar-refractivity contribution in [1.82, 2.24) is 10.2 Å². The summed E-state index contributed by atoms with van der Waals surface area (Å²) in [7, 11) is 0. The van der Waals surface area contributed by atoms with Crippen molar-refractivity contribution in [2.75, 3.05) is 19.7 Å². The molecule has 6 heteroatoms. The Bertz CT molecular complexity index is 650. The molecule has 1 aromatic rings. The molecule has 2 heterocycles. The molecule has 6 nitrogen and oxygen atoms in total. The molecule has 0 radical (unpaired) electrons. The van der Waals surface area contributed by atoms with Gasteiger partial charge in [-0.15, -0.1) is 0 Å². The summed E-state index contributed by atoms with van der Waals surface area (Å²) in [5.74, 6) is -0.851. The topological polar surface area (TPSA) is 75.7 Å². The van der Waals surface area contributed by atoms with Gasteiger partial charge in [0.1, 0.15) is 0 Å². The van der Waals surface area contributed by atoms with E-state index in [1.807, 2.05) is 6.92 Å². The maximum atomic E-state index is 12.3. The van der Waals surface area contributed by atoms with E-state index in [4.69, 9.17) is 4.74 Å². The van der Waals surface area contributed by atoms with Crippen molar-refractivity contribution in [3.63, 3.8) is 0 Å². The van der Waals surface area contributed by atoms with E-state index >= 15 is 0 Å². The monoisotopic (exact) mass is 316 g/mol. The molecule has 1 aromatic carbocycles. The maximum Gasteiger partial charge on any atom is 0.261 e. The molecule has 122 valence electrons. The van der Waals surface area contributed by atoms with Crippen LogP contribution in [-0.4, -0.2) is 48.4 Å². The Balaban J connectivity index is 1.72. The Morgan fingerprint density at radius 1 is 1.30 bits per heavy atom. The number of hydrogen-bond donors (Lipinski definition) is 1. The van der Waals surface area contributed by atoms with Gasteiger partial charge in [-0.3, -0.25) is 19.3 Å². The minimum Gasteiger partial charge on any atom is -0.376 e. The minimum atomic E-state index is -0.319. The molecule has 0 unspecified atom stereocenters. The highest BCUT2D eigenvalue weighted by Gasteiger charge is 2.35. The van der Waals surface area contributed by atoms with E-state index in [-0.39, 0.29) is 23.8 Å². The Morgan fingerprint density at radius 2 is 2.09 bits per heavy atom. The number of amides is 3. The van der Waals surface area contributed by atoms with E-state index in [0.717, 1.165) is 19.4 Å². The SMILES string of the molecule is CCCN1C(=O)c2ccc(C(=O)NC[C@@H]3CCCO3)cc2C1=O. The highest BCUT2D eigenvalue weighted by molar-refractivity contribution is 6.22. The Hall–Kier alpha value is -2.21. The van der Waals surface area contributed by atoms with Crippen LogP contribution in [-0.2, 0) is 4.74 Å². The van der Waals surface area contributed by atoms with Crippen LogP contribution in [0.3, 0.4) is 0 Å². The van der Waals surface area contributed by atoms with E-state index in [1.54, 1.807) is 12.1 Å². The Labute approximate surface area is 134 Å². The molecule has 0 bridgehead atoms. The van der Waals surface area contributed by atoms with Crippen LogP contribution in [0.1, 0.15) is 57.3 Å². The summed E-state index contributed by atoms with van der Waals surface area (Å²) in [5.41, 5.74) is 1.08. The van der Waals surface area contributed by atoms with Crippen LogP contribution >= 0.6 is 0 Å². The Kier molecular flexibility index (Phi) is 4.43. The van der Waals surface area contributed by atoms with Gasteiger partial charge in [-0.05, 0) is 37.5 Å². The summed E-state index contributed by atoms with van der Waals surface area (Å²) >= 11 is 0. The first kappa shape index (κ1) is 15.7. The molecular formula is C17H20N2O4. The summed E-state index contributed by atoms with van der Waals surface area (Å²) < 4.78 is 5.47. The Morgan fingerprint density at radius 3 is 2.78 bits per heavy atom. The largest absolute Gasteiger partial charge is 0.376 e. The molecule has 2 aliphatic heterocycles. The average molecular weight is 316 g/mol. The van der Waals surface area contributed by atoms with Gasteiger partial charge in [0.05, 0.1) is 17.2 Å². The quantitative estimate of drug-likeness (QED) is 0.837. The predicted octanol–water partition coefficient (Wildman–Crippen LogP) is 1.60. The van der Waals surface area contributed by atoms with Crippen LogP contribution in [0.25, 0.3) is 0 Å². The van der Waals surface area contributed by atoms with E-state index < -0.39 is 0 Å². The molecule has 2 aliphatic rings. The van der Waals surface area contributed by atoms with Crippen LogP contribution in [0, 0.1) is 0 Å². The van der Waals surface area contributed by atoms with Gasteiger partial charge in [0.2, 0.25) is 0 Å². The molecule has 0 spiro atoms. The summed E-state index contributed by atoms with van der Waals surface area (Å²) in [6, 6.07) is 4.66. The fourth-order valence-corrected chi connectivity index (χ4v) is 2.97. The highest BCUT2D eigenvalue weighted by Crippen LogP contribution is 2.24. The number of benzene rings is 1. The zero-order valence-electron chi connectivity index (χ0n) is 13.1. The van der Waals surface area contributed by atoms with Crippen molar-refractivity contribution in [1.29, 1.82) is 0 Å². The molecule has 0 aromatic heterocycles. The number of rotatable bonds is 5. The van der Waals surface area contributed by atoms with Gasteiger partial charge in [0, 0.05) is 25.3 Å². The smallest absolute Gasteiger partial charge is 0.261 e. The first-order valence-corrected chi connectivity index (χ1v) is 8.02. The number of carbonyl (C=O) groups is 3. The lowest BCUT2D eigenvalue weighted by Gasteiger charge is -2.11. The molecule has 1 fully saturated rings. The molecule has 3 amide bonds. The maximum absolute atomic E-state index is 12.3. The second kappa shape index (κ2) is 6.50. The highest BCUT2D eigenvalue weighted by atomic mass is 16.5. The standard InChI is InChI=1S/C17H20N2O4/c1-2-7-19-16(21)13-6-5-11(9-14(13)17(19)22)15(20)18-10-12-4-3-8-23-12/h5-6,9,12H,2-4,7-8,10H2,1H3,(H,18,20)/t12-/m0/s1. The third kappa shape index (κ3) is 2.99. The summed E-state index contributed by atoms with van der Waals surface area (Å²) in [5, 5.41) is 2.82. The number of ether oxygens (including phenoxy) is 1. The lowest BCUT2D eigenvalue weighted by Crippen LogP contribution is -2.32. The third-order valence-electron chi connectivity index (χ3n) is 4.19. The zero-order chi connectivity index (χ0) is 16.4. The van der Waals surface area contributed by atoms with Crippen LogP contribution in [0.4, 0.5) is 0 Å². The number of nitrogens with one attached hydrogen (secondary N) is 1. The van der Waals surface area contributed by atoms with Gasteiger partial charge < -0.3 is 10.1 Å². The van der Waals surface area contributed by atoms with Crippen LogP contribution in [0.15, 0.2) is 18.2 Å². The summed E-state index contributed by atoms with van der Waals surface area (Å²) in [4.78, 5) is 37.9. The first-order chi connectivity index (χ1) is 11.1. The van der Waals surface area contributed by atoms with Crippen LogP contribution in [0.2, 0.25) is 0 Å². The van der Waals surface area contributed by atoms with E-state index in [1.165, 1.54) is 11.0 Å². The number of nitrogens with zero attached hydrogens (tertiary/aromatic N) is 1. The number of fused-ring (bicyclic) bond motifs is 1. The van der Waals surface area contributed by atoms with Crippen molar-refractivity contribution in [2.24, 2.45) is 0 Å². The van der Waals surface area contributed by atoms with Gasteiger partial charge in [0.25, 0.3) is 17.7 Å². The average Bonchev–Trinajstić information content (AvgIpc) is 3.16. The second-order valence-corrected chi connectivity index (χ2v) is 5.87. The summed E-state index contributed by atoms with van der Waals surface area (Å²) in [6.45, 7) is 3.51. The van der Waals surface area contributed by atoms with Gasteiger partial charge in [-0.25, -0.2) is 0 Å². The fourth-order valence-electron chi connectivity index (χ4n) is 2.97. The summed E-state index contributed by atoms with van der Waals surface area (Å²) in [6.07, 6.45) is 2.74. The van der Waals surface area contributed by atoms with Crippen LogP contribution in [0.5, 0.6) is 0 Å². The predicted molar refractivity (Wildman–Crippen MR) is 83.4 cm³/mol. The van der Waals surface area contributed by atoms with Crippen LogP contribution < -0.4 is 5.32 Å². The lowest BCUT2D eigenvalue weighted by molar-refractivity contribution is 0.0654. The lowest BCUT2D eigenvalue weighted by atomic mass is 10.1. The molecule has 3 rings (SSSR count). The second-order valence-electron chi connectivity index (χ2n) is 5.87.